The van der Waals surface area contributed by atoms with E-state index in [0.717, 1.165) is 11.1 Å². The molecule has 2 aromatic carbocycles. The molecule has 113 valence electrons. The second kappa shape index (κ2) is 8.10. The quantitative estimate of drug-likeness (QED) is 0.811. The number of carbonyl (C=O) groups excluding carboxylic acids is 2. The fraction of sp³-hybridized carbons (Fsp3) is 0.222. The molecule has 22 heavy (non-hydrogen) atoms. The van der Waals surface area contributed by atoms with Crippen molar-refractivity contribution in [3.05, 3.63) is 71.8 Å². The van der Waals surface area contributed by atoms with E-state index >= 15 is 0 Å². The van der Waals surface area contributed by atoms with Gasteiger partial charge in [0.05, 0.1) is 12.1 Å². The lowest BCUT2D eigenvalue weighted by molar-refractivity contribution is -0.122. The van der Waals surface area contributed by atoms with Crippen LogP contribution in [0.25, 0.3) is 0 Å². The first-order chi connectivity index (χ1) is 10.7. The van der Waals surface area contributed by atoms with Crippen molar-refractivity contribution in [1.29, 1.82) is 0 Å². The van der Waals surface area contributed by atoms with Crippen molar-refractivity contribution in [2.45, 2.75) is 24.9 Å². The predicted octanol–water partition coefficient (Wildman–Crippen LogP) is 1.39. The van der Waals surface area contributed by atoms with Crippen LogP contribution in [0.5, 0.6) is 0 Å². The van der Waals surface area contributed by atoms with Gasteiger partial charge in [-0.1, -0.05) is 60.7 Å². The summed E-state index contributed by atoms with van der Waals surface area (Å²) >= 11 is 0. The summed E-state index contributed by atoms with van der Waals surface area (Å²) in [5.41, 5.74) is 7.86. The van der Waals surface area contributed by atoms with Crippen molar-refractivity contribution in [3.63, 3.8) is 0 Å². The minimum atomic E-state index is -0.686. The van der Waals surface area contributed by atoms with E-state index in [1.165, 1.54) is 0 Å². The number of benzene rings is 2. The van der Waals surface area contributed by atoms with E-state index in [4.69, 9.17) is 5.73 Å². The fourth-order valence-corrected chi connectivity index (χ4v) is 2.21. The van der Waals surface area contributed by atoms with Crippen molar-refractivity contribution in [3.8, 4) is 0 Å². The normalized spacial score (nSPS) is 13.1. The van der Waals surface area contributed by atoms with Gasteiger partial charge in [-0.25, -0.2) is 0 Å². The molecule has 0 fully saturated rings. The highest BCUT2D eigenvalue weighted by molar-refractivity contribution is 5.84. The maximum atomic E-state index is 12.1. The summed E-state index contributed by atoms with van der Waals surface area (Å²) in [6, 6.07) is 17.7. The van der Waals surface area contributed by atoms with Crippen molar-refractivity contribution in [1.82, 2.24) is 5.32 Å². The highest BCUT2D eigenvalue weighted by Gasteiger charge is 2.18. The first kappa shape index (κ1) is 15.9. The molecule has 1 radical (unpaired) electrons. The summed E-state index contributed by atoms with van der Waals surface area (Å²) in [5.74, 6) is -0.340. The van der Waals surface area contributed by atoms with Gasteiger partial charge >= 0.3 is 0 Å². The van der Waals surface area contributed by atoms with Crippen LogP contribution in [0.15, 0.2) is 60.7 Å². The largest absolute Gasteiger partial charge is 0.344 e. The van der Waals surface area contributed by atoms with Gasteiger partial charge in [0.1, 0.15) is 0 Å². The van der Waals surface area contributed by atoms with Crippen LogP contribution in [-0.4, -0.2) is 24.3 Å². The molecular weight excluding hydrogens is 276 g/mol. The zero-order chi connectivity index (χ0) is 15.8. The molecule has 0 heterocycles. The second-order valence-corrected chi connectivity index (χ2v) is 5.16. The van der Waals surface area contributed by atoms with E-state index in [1.54, 1.807) is 0 Å². The second-order valence-electron chi connectivity index (χ2n) is 5.16. The Bertz CT molecular complexity index is 599. The molecule has 0 spiro atoms. The highest BCUT2D eigenvalue weighted by Crippen LogP contribution is 2.04. The van der Waals surface area contributed by atoms with Gasteiger partial charge < -0.3 is 11.1 Å². The number of rotatable bonds is 7. The first-order valence-electron chi connectivity index (χ1n) is 7.20. The number of hydrogen-bond donors (Lipinski definition) is 2. The fourth-order valence-electron chi connectivity index (χ4n) is 2.21. The first-order valence-corrected chi connectivity index (χ1v) is 7.20. The number of nitrogens with two attached hydrogens (primary N) is 1. The van der Waals surface area contributed by atoms with Crippen LogP contribution in [-0.2, 0) is 22.4 Å². The average Bonchev–Trinajstić information content (AvgIpc) is 2.56. The van der Waals surface area contributed by atoms with E-state index in [9.17, 15) is 9.59 Å². The molecule has 0 saturated carbocycles. The molecule has 2 rings (SSSR count). The van der Waals surface area contributed by atoms with E-state index in [-0.39, 0.29) is 5.91 Å². The molecule has 2 unspecified atom stereocenters. The number of carbonyl (C=O) groups is 1. The summed E-state index contributed by atoms with van der Waals surface area (Å²) in [6.07, 6.45) is 2.71. The van der Waals surface area contributed by atoms with E-state index < -0.39 is 12.1 Å². The average molecular weight is 295 g/mol. The molecule has 4 heteroatoms. The van der Waals surface area contributed by atoms with Crippen molar-refractivity contribution >= 4 is 12.2 Å². The standard InChI is InChI=1S/C18H19N2O2/c19-17(12-15-9-5-2-6-10-15)18(22)20-16(13-21)11-14-7-3-1-4-8-14/h1-10,16-17H,11-12,19H2,(H,20,22). The smallest absolute Gasteiger partial charge is 0.237 e. The van der Waals surface area contributed by atoms with Gasteiger partial charge in [-0.2, -0.15) is 0 Å². The third-order valence-electron chi connectivity index (χ3n) is 3.38. The van der Waals surface area contributed by atoms with E-state index in [2.05, 4.69) is 5.32 Å². The Balaban J connectivity index is 1.90. The SMILES string of the molecule is NC(Cc1ccccc1)C(=O)NC([C]=O)Cc1ccccc1. The van der Waals surface area contributed by atoms with Gasteiger partial charge in [0, 0.05) is 6.42 Å². The number of nitrogens with one attached hydrogen (secondary N) is 1. The van der Waals surface area contributed by atoms with Crippen LogP contribution >= 0.6 is 0 Å². The highest BCUT2D eigenvalue weighted by atomic mass is 16.2. The van der Waals surface area contributed by atoms with E-state index in [0.29, 0.717) is 12.8 Å². The minimum absolute atomic E-state index is 0.340. The molecule has 0 aliphatic rings. The molecule has 2 atom stereocenters. The van der Waals surface area contributed by atoms with Gasteiger partial charge in [-0.15, -0.1) is 0 Å². The van der Waals surface area contributed by atoms with E-state index in [1.807, 2.05) is 66.9 Å². The van der Waals surface area contributed by atoms with Gasteiger partial charge in [0.15, 0.2) is 0 Å². The van der Waals surface area contributed by atoms with Crippen LogP contribution in [0.1, 0.15) is 11.1 Å². The van der Waals surface area contributed by atoms with Crippen LogP contribution in [0.3, 0.4) is 0 Å². The Morgan fingerprint density at radius 2 is 1.45 bits per heavy atom. The Labute approximate surface area is 130 Å². The summed E-state index contributed by atoms with van der Waals surface area (Å²) in [7, 11) is 0. The van der Waals surface area contributed by atoms with Gasteiger partial charge in [-0.3, -0.25) is 9.59 Å². The van der Waals surface area contributed by atoms with Crippen molar-refractivity contribution in [2.24, 2.45) is 5.73 Å². The lowest BCUT2D eigenvalue weighted by atomic mass is 10.0. The summed E-state index contributed by atoms with van der Waals surface area (Å²) in [6.45, 7) is 0. The molecule has 2 aromatic rings. The lowest BCUT2D eigenvalue weighted by Gasteiger charge is -2.16. The minimum Gasteiger partial charge on any atom is -0.344 e. The zero-order valence-electron chi connectivity index (χ0n) is 12.2. The van der Waals surface area contributed by atoms with Crippen molar-refractivity contribution in [2.75, 3.05) is 0 Å². The zero-order valence-corrected chi connectivity index (χ0v) is 12.2. The molecule has 4 nitrogen and oxygen atoms in total. The summed E-state index contributed by atoms with van der Waals surface area (Å²) in [4.78, 5) is 23.1. The Morgan fingerprint density at radius 1 is 0.955 bits per heavy atom. The maximum absolute atomic E-state index is 12.1. The molecule has 0 aliphatic heterocycles. The van der Waals surface area contributed by atoms with Gasteiger partial charge in [0.25, 0.3) is 0 Å². The van der Waals surface area contributed by atoms with Crippen molar-refractivity contribution < 1.29 is 9.59 Å². The molecule has 1 amide bonds. The third-order valence-corrected chi connectivity index (χ3v) is 3.38. The molecule has 3 N–H and O–H groups in total. The molecule has 0 aromatic heterocycles. The number of hydrogen-bond acceptors (Lipinski definition) is 3. The van der Waals surface area contributed by atoms with Gasteiger partial charge in [0.2, 0.25) is 12.2 Å². The Morgan fingerprint density at radius 3 is 1.95 bits per heavy atom. The van der Waals surface area contributed by atoms with Crippen LogP contribution in [0.4, 0.5) is 0 Å². The Hall–Kier alpha value is -2.46. The molecule has 0 aliphatic carbocycles. The third kappa shape index (κ3) is 4.82. The number of amides is 1. The maximum Gasteiger partial charge on any atom is 0.237 e. The molecular formula is C18H19N2O2. The molecule has 0 saturated heterocycles. The van der Waals surface area contributed by atoms with Gasteiger partial charge in [-0.05, 0) is 17.5 Å². The van der Waals surface area contributed by atoms with Crippen LogP contribution in [0.2, 0.25) is 0 Å². The monoisotopic (exact) mass is 295 g/mol. The Kier molecular flexibility index (Phi) is 5.86. The topological polar surface area (TPSA) is 72.2 Å². The lowest BCUT2D eigenvalue weighted by Crippen LogP contribution is -2.47. The summed E-state index contributed by atoms with van der Waals surface area (Å²) in [5, 5.41) is 2.65. The van der Waals surface area contributed by atoms with Crippen LogP contribution < -0.4 is 11.1 Å². The molecule has 0 bridgehead atoms. The predicted molar refractivity (Wildman–Crippen MR) is 85.9 cm³/mol. The van der Waals surface area contributed by atoms with Crippen LogP contribution in [0, 0.1) is 0 Å². The summed E-state index contributed by atoms with van der Waals surface area (Å²) < 4.78 is 0.